The minimum absolute atomic E-state index is 0.603. The molecule has 0 spiro atoms. The molecule has 3 nitrogen and oxygen atoms in total. The van der Waals surface area contributed by atoms with E-state index in [1.54, 1.807) is 0 Å². The van der Waals surface area contributed by atoms with Crippen LogP contribution < -0.4 is 10.6 Å². The topological polar surface area (TPSA) is 36.4 Å². The third kappa shape index (κ3) is 7.67. The first-order valence-corrected chi connectivity index (χ1v) is 10.4. The molecule has 2 unspecified atom stereocenters. The molecule has 1 rings (SSSR count). The normalized spacial score (nSPS) is 23.6. The Morgan fingerprint density at radius 2 is 2.15 bits per heavy atom. The van der Waals surface area contributed by atoms with Gasteiger partial charge >= 0.3 is 0 Å². The first-order chi connectivity index (χ1) is 9.80. The van der Waals surface area contributed by atoms with Crippen molar-refractivity contribution in [2.45, 2.75) is 57.2 Å². The molecule has 0 amide bonds. The molecule has 118 valence electrons. The summed E-state index contributed by atoms with van der Waals surface area (Å²) in [5.74, 6) is 3.45. The van der Waals surface area contributed by atoms with Crippen molar-refractivity contribution in [3.63, 3.8) is 0 Å². The molecule has 1 saturated carbocycles. The number of rotatable bonds is 8. The van der Waals surface area contributed by atoms with Gasteiger partial charge < -0.3 is 10.6 Å². The SMILES string of the molecule is CCNC(=NCCCSC)NC1CCCC(SCC)C1. The summed E-state index contributed by atoms with van der Waals surface area (Å²) in [7, 11) is 0. The predicted molar refractivity (Wildman–Crippen MR) is 96.3 cm³/mol. The van der Waals surface area contributed by atoms with Crippen LogP contribution in [0.5, 0.6) is 0 Å². The third-order valence-corrected chi connectivity index (χ3v) is 5.42. The number of guanidine groups is 1. The highest BCUT2D eigenvalue weighted by Gasteiger charge is 2.22. The van der Waals surface area contributed by atoms with Crippen molar-refractivity contribution in [1.29, 1.82) is 0 Å². The Bertz CT molecular complexity index is 270. The zero-order chi connectivity index (χ0) is 14.6. The summed E-state index contributed by atoms with van der Waals surface area (Å²) < 4.78 is 0. The molecule has 2 atom stereocenters. The molecule has 1 fully saturated rings. The summed E-state index contributed by atoms with van der Waals surface area (Å²) in [6.45, 7) is 6.26. The lowest BCUT2D eigenvalue weighted by Crippen LogP contribution is -2.45. The van der Waals surface area contributed by atoms with Crippen LogP contribution in [0.1, 0.15) is 46.0 Å². The van der Waals surface area contributed by atoms with Crippen molar-refractivity contribution >= 4 is 29.5 Å². The minimum Gasteiger partial charge on any atom is -0.357 e. The van der Waals surface area contributed by atoms with Gasteiger partial charge in [-0.3, -0.25) is 4.99 Å². The summed E-state index contributed by atoms with van der Waals surface area (Å²) in [4.78, 5) is 4.69. The lowest BCUT2D eigenvalue weighted by Gasteiger charge is -2.30. The van der Waals surface area contributed by atoms with Gasteiger partial charge in [-0.05, 0) is 50.4 Å². The van der Waals surface area contributed by atoms with Gasteiger partial charge in [-0.2, -0.15) is 23.5 Å². The molecular weight excluding hydrogens is 286 g/mol. The quantitative estimate of drug-likeness (QED) is 0.409. The summed E-state index contributed by atoms with van der Waals surface area (Å²) in [5.41, 5.74) is 0. The van der Waals surface area contributed by atoms with Crippen LogP contribution in [0.15, 0.2) is 4.99 Å². The van der Waals surface area contributed by atoms with Crippen LogP contribution in [0.25, 0.3) is 0 Å². The molecule has 0 bridgehead atoms. The summed E-state index contributed by atoms with van der Waals surface area (Å²) in [5, 5.41) is 7.86. The molecule has 0 aromatic rings. The number of nitrogens with one attached hydrogen (secondary N) is 2. The molecule has 0 radical (unpaired) electrons. The monoisotopic (exact) mass is 317 g/mol. The Labute approximate surface area is 133 Å². The second kappa shape index (κ2) is 11.6. The maximum atomic E-state index is 4.69. The molecule has 20 heavy (non-hydrogen) atoms. The third-order valence-electron chi connectivity index (χ3n) is 3.49. The highest BCUT2D eigenvalue weighted by Crippen LogP contribution is 2.28. The molecule has 1 aliphatic rings. The Kier molecular flexibility index (Phi) is 10.5. The first-order valence-electron chi connectivity index (χ1n) is 7.95. The second-order valence-electron chi connectivity index (χ2n) is 5.19. The Balaban J connectivity index is 2.39. The molecule has 0 heterocycles. The molecular formula is C15H31N3S2. The van der Waals surface area contributed by atoms with Gasteiger partial charge in [-0.15, -0.1) is 0 Å². The van der Waals surface area contributed by atoms with Gasteiger partial charge in [0.15, 0.2) is 5.96 Å². The van der Waals surface area contributed by atoms with E-state index in [-0.39, 0.29) is 0 Å². The molecule has 0 aliphatic heterocycles. The zero-order valence-electron chi connectivity index (χ0n) is 13.3. The van der Waals surface area contributed by atoms with Crippen LogP contribution in [0.3, 0.4) is 0 Å². The average Bonchev–Trinajstić information content (AvgIpc) is 2.44. The van der Waals surface area contributed by atoms with E-state index in [0.717, 1.165) is 30.7 Å². The lowest BCUT2D eigenvalue weighted by atomic mass is 9.95. The van der Waals surface area contributed by atoms with Crippen molar-refractivity contribution < 1.29 is 0 Å². The summed E-state index contributed by atoms with van der Waals surface area (Å²) in [6.07, 6.45) is 8.63. The number of aliphatic imine (C=N–C) groups is 1. The maximum absolute atomic E-state index is 4.69. The number of thioether (sulfide) groups is 2. The molecule has 0 saturated heterocycles. The molecule has 0 aromatic carbocycles. The van der Waals surface area contributed by atoms with Gasteiger partial charge in [-0.1, -0.05) is 13.3 Å². The number of hydrogen-bond donors (Lipinski definition) is 2. The fourth-order valence-electron chi connectivity index (χ4n) is 2.58. The zero-order valence-corrected chi connectivity index (χ0v) is 14.9. The second-order valence-corrected chi connectivity index (χ2v) is 7.76. The van der Waals surface area contributed by atoms with E-state index in [9.17, 15) is 0 Å². The van der Waals surface area contributed by atoms with Crippen LogP contribution in [0.4, 0.5) is 0 Å². The van der Waals surface area contributed by atoms with Crippen molar-refractivity contribution in [1.82, 2.24) is 10.6 Å². The fraction of sp³-hybridized carbons (Fsp3) is 0.933. The van der Waals surface area contributed by atoms with E-state index in [1.165, 1.54) is 37.2 Å². The van der Waals surface area contributed by atoms with Crippen LogP contribution >= 0.6 is 23.5 Å². The minimum atomic E-state index is 0.603. The Morgan fingerprint density at radius 3 is 2.85 bits per heavy atom. The average molecular weight is 318 g/mol. The maximum Gasteiger partial charge on any atom is 0.191 e. The van der Waals surface area contributed by atoms with Crippen LogP contribution in [-0.4, -0.2) is 48.1 Å². The van der Waals surface area contributed by atoms with Crippen LogP contribution in [-0.2, 0) is 0 Å². The number of hydrogen-bond acceptors (Lipinski definition) is 3. The van der Waals surface area contributed by atoms with E-state index >= 15 is 0 Å². The van der Waals surface area contributed by atoms with Gasteiger partial charge in [0.1, 0.15) is 0 Å². The van der Waals surface area contributed by atoms with E-state index in [0.29, 0.717) is 6.04 Å². The van der Waals surface area contributed by atoms with E-state index < -0.39 is 0 Å². The first kappa shape index (κ1) is 18.0. The van der Waals surface area contributed by atoms with Gasteiger partial charge in [0.25, 0.3) is 0 Å². The van der Waals surface area contributed by atoms with Crippen LogP contribution in [0.2, 0.25) is 0 Å². The number of nitrogens with zero attached hydrogens (tertiary/aromatic N) is 1. The lowest BCUT2D eigenvalue weighted by molar-refractivity contribution is 0.419. The van der Waals surface area contributed by atoms with Gasteiger partial charge in [-0.25, -0.2) is 0 Å². The highest BCUT2D eigenvalue weighted by molar-refractivity contribution is 7.99. The Morgan fingerprint density at radius 1 is 1.30 bits per heavy atom. The van der Waals surface area contributed by atoms with Crippen LogP contribution in [0, 0.1) is 0 Å². The van der Waals surface area contributed by atoms with Crippen molar-refractivity contribution in [2.75, 3.05) is 30.9 Å². The smallest absolute Gasteiger partial charge is 0.191 e. The molecule has 5 heteroatoms. The van der Waals surface area contributed by atoms with Crippen molar-refractivity contribution in [3.05, 3.63) is 0 Å². The molecule has 0 aromatic heterocycles. The highest BCUT2D eigenvalue weighted by atomic mass is 32.2. The van der Waals surface area contributed by atoms with E-state index in [1.807, 2.05) is 11.8 Å². The van der Waals surface area contributed by atoms with E-state index in [2.05, 4.69) is 42.5 Å². The van der Waals surface area contributed by atoms with Crippen molar-refractivity contribution in [3.8, 4) is 0 Å². The van der Waals surface area contributed by atoms with Crippen molar-refractivity contribution in [2.24, 2.45) is 4.99 Å². The van der Waals surface area contributed by atoms with Gasteiger partial charge in [0, 0.05) is 24.4 Å². The standard InChI is InChI=1S/C15H31N3S2/c1-4-16-15(17-10-7-11-19-3)18-13-8-6-9-14(12-13)20-5-2/h13-14H,4-12H2,1-3H3,(H2,16,17,18). The summed E-state index contributed by atoms with van der Waals surface area (Å²) >= 11 is 4.01. The fourth-order valence-corrected chi connectivity index (χ4v) is 4.17. The molecule has 1 aliphatic carbocycles. The summed E-state index contributed by atoms with van der Waals surface area (Å²) in [6, 6.07) is 0.603. The van der Waals surface area contributed by atoms with E-state index in [4.69, 9.17) is 4.99 Å². The van der Waals surface area contributed by atoms with Gasteiger partial charge in [0.2, 0.25) is 0 Å². The molecule has 2 N–H and O–H groups in total. The predicted octanol–water partition coefficient (Wildman–Crippen LogP) is 3.36. The largest absolute Gasteiger partial charge is 0.357 e. The van der Waals surface area contributed by atoms with Gasteiger partial charge in [0.05, 0.1) is 0 Å². The Hall–Kier alpha value is -0.0300.